The van der Waals surface area contributed by atoms with Crippen LogP contribution in [-0.2, 0) is 13.6 Å². The fourth-order valence-electron chi connectivity index (χ4n) is 5.06. The third kappa shape index (κ3) is 5.53. The third-order valence-electron chi connectivity index (χ3n) is 7.35. The highest BCUT2D eigenvalue weighted by atomic mass is 19.2. The van der Waals surface area contributed by atoms with Crippen LogP contribution in [0.15, 0.2) is 48.5 Å². The summed E-state index contributed by atoms with van der Waals surface area (Å²) in [7, 11) is 1.76. The van der Waals surface area contributed by atoms with Crippen molar-refractivity contribution in [3.05, 3.63) is 83.2 Å². The fourth-order valence-corrected chi connectivity index (χ4v) is 5.06. The number of carbonyl (C=O) groups is 1. The van der Waals surface area contributed by atoms with E-state index < -0.39 is 23.4 Å². The van der Waals surface area contributed by atoms with Gasteiger partial charge in [-0.15, -0.1) is 5.10 Å². The lowest BCUT2D eigenvalue weighted by molar-refractivity contribution is 0.0947. The molecule has 6 rings (SSSR count). The second kappa shape index (κ2) is 12.1. The summed E-state index contributed by atoms with van der Waals surface area (Å²) in [6.45, 7) is 2.47. The lowest BCUT2D eigenvalue weighted by Gasteiger charge is -2.12. The summed E-state index contributed by atoms with van der Waals surface area (Å²) in [6.07, 6.45) is 0.254. The minimum absolute atomic E-state index is 0.167. The van der Waals surface area contributed by atoms with E-state index >= 15 is 0 Å². The van der Waals surface area contributed by atoms with E-state index in [0.717, 1.165) is 0 Å². The zero-order valence-electron chi connectivity index (χ0n) is 24.1. The lowest BCUT2D eigenvalue weighted by Crippen LogP contribution is -2.28. The molecule has 1 atom stereocenters. The number of ether oxygens (including phenoxy) is 1. The number of aromatic amines is 1. The Hall–Kier alpha value is -5.78. The van der Waals surface area contributed by atoms with Gasteiger partial charge < -0.3 is 19.6 Å². The van der Waals surface area contributed by atoms with Crippen LogP contribution in [0, 0.1) is 28.8 Å². The normalized spacial score (nSPS) is 12.0. The number of nitrogens with one attached hydrogen (secondary N) is 2. The van der Waals surface area contributed by atoms with Crippen LogP contribution < -0.4 is 10.1 Å². The van der Waals surface area contributed by atoms with Crippen molar-refractivity contribution in [2.45, 2.75) is 25.8 Å². The van der Waals surface area contributed by atoms with Gasteiger partial charge in [-0.05, 0) is 47.7 Å². The van der Waals surface area contributed by atoms with Crippen molar-refractivity contribution in [3.63, 3.8) is 0 Å². The minimum Gasteiger partial charge on any atom is -0.491 e. The standard InChI is InChI=1S/C30H25F3N10O2/c1-16(27-37-25-20(32)15-19(31)24(33)26(25)38-27)28-36-21-9-8-17(14-22(21)42(28)2)30(44)35-11-13-45-23-7-4-3-6-18(23)29-39-40-41-43(29)12-5-10-34/h3-4,6-9,14-16H,5,11-13H2,1-2H3,(H,35,44)(H,37,38). The molecule has 6 aromatic rings. The predicted octanol–water partition coefficient (Wildman–Crippen LogP) is 4.39. The number of fused-ring (bicyclic) bond motifs is 2. The first-order valence-corrected chi connectivity index (χ1v) is 13.9. The molecule has 1 amide bonds. The van der Waals surface area contributed by atoms with Gasteiger partial charge in [0.25, 0.3) is 5.91 Å². The molecule has 3 heterocycles. The number of H-pyrrole nitrogens is 1. The molecule has 228 valence electrons. The van der Waals surface area contributed by atoms with Crippen molar-refractivity contribution in [2.75, 3.05) is 13.2 Å². The molecular formula is C30H25F3N10O2. The molecule has 45 heavy (non-hydrogen) atoms. The molecule has 0 radical (unpaired) electrons. The lowest BCUT2D eigenvalue weighted by atomic mass is 10.1. The van der Waals surface area contributed by atoms with Gasteiger partial charge in [0.2, 0.25) is 0 Å². The fraction of sp³-hybridized carbons (Fsp3) is 0.233. The Bertz CT molecular complexity index is 2100. The van der Waals surface area contributed by atoms with E-state index in [9.17, 15) is 18.0 Å². The smallest absolute Gasteiger partial charge is 0.251 e. The van der Waals surface area contributed by atoms with E-state index in [4.69, 9.17) is 10.00 Å². The molecule has 2 N–H and O–H groups in total. The van der Waals surface area contributed by atoms with Gasteiger partial charge in [-0.1, -0.05) is 12.1 Å². The van der Waals surface area contributed by atoms with E-state index in [1.54, 1.807) is 42.8 Å². The van der Waals surface area contributed by atoms with Gasteiger partial charge >= 0.3 is 0 Å². The maximum absolute atomic E-state index is 14.3. The molecule has 0 spiro atoms. The van der Waals surface area contributed by atoms with E-state index in [-0.39, 0.29) is 42.3 Å². The minimum atomic E-state index is -1.31. The molecule has 0 aliphatic carbocycles. The summed E-state index contributed by atoms with van der Waals surface area (Å²) in [5.74, 6) is -2.61. The second-order valence-electron chi connectivity index (χ2n) is 10.2. The highest BCUT2D eigenvalue weighted by Crippen LogP contribution is 2.30. The SMILES string of the molecule is CC(c1nc2c(F)cc(F)c(F)c2[nH]1)c1nc2ccc(C(=O)NCCOc3ccccc3-c3nnnn3CCC#N)cc2n1C. The number of hydrogen-bond donors (Lipinski definition) is 2. The summed E-state index contributed by atoms with van der Waals surface area (Å²) < 4.78 is 51.4. The molecule has 3 aromatic heterocycles. The second-order valence-corrected chi connectivity index (χ2v) is 10.2. The first-order chi connectivity index (χ1) is 21.8. The number of halogens is 3. The molecule has 3 aromatic carbocycles. The molecule has 12 nitrogen and oxygen atoms in total. The summed E-state index contributed by atoms with van der Waals surface area (Å²) in [5.41, 5.74) is 1.66. The topological polar surface area (TPSA) is 152 Å². The zero-order chi connectivity index (χ0) is 31.7. The van der Waals surface area contributed by atoms with Crippen LogP contribution in [-0.4, -0.2) is 58.8 Å². The predicted molar refractivity (Wildman–Crippen MR) is 156 cm³/mol. The number of carbonyl (C=O) groups excluding carboxylic acids is 1. The molecule has 0 saturated carbocycles. The Kier molecular flexibility index (Phi) is 7.86. The number of aryl methyl sites for hydroxylation is 2. The Morgan fingerprint density at radius 3 is 2.78 bits per heavy atom. The van der Waals surface area contributed by atoms with Crippen LogP contribution >= 0.6 is 0 Å². The zero-order valence-corrected chi connectivity index (χ0v) is 24.1. The number of imidazole rings is 2. The van der Waals surface area contributed by atoms with Crippen molar-refractivity contribution in [1.82, 2.24) is 45.0 Å². The van der Waals surface area contributed by atoms with Crippen molar-refractivity contribution in [3.8, 4) is 23.2 Å². The number of benzene rings is 3. The maximum atomic E-state index is 14.3. The van der Waals surface area contributed by atoms with Crippen LogP contribution in [0.4, 0.5) is 13.2 Å². The molecule has 1 unspecified atom stereocenters. The summed E-state index contributed by atoms with van der Waals surface area (Å²) in [6, 6.07) is 14.8. The molecule has 0 fully saturated rings. The monoisotopic (exact) mass is 614 g/mol. The number of hydrogen-bond acceptors (Lipinski definition) is 8. The van der Waals surface area contributed by atoms with Gasteiger partial charge in [-0.3, -0.25) is 4.79 Å². The maximum Gasteiger partial charge on any atom is 0.251 e. The Balaban J connectivity index is 1.13. The van der Waals surface area contributed by atoms with E-state index in [1.165, 1.54) is 4.68 Å². The molecule has 0 bridgehead atoms. The Morgan fingerprint density at radius 1 is 1.13 bits per heavy atom. The molecule has 0 aliphatic rings. The van der Waals surface area contributed by atoms with Crippen LogP contribution in [0.3, 0.4) is 0 Å². The van der Waals surface area contributed by atoms with Crippen molar-refractivity contribution >= 4 is 28.0 Å². The number of rotatable bonds is 10. The van der Waals surface area contributed by atoms with Gasteiger partial charge in [0.1, 0.15) is 35.0 Å². The summed E-state index contributed by atoms with van der Waals surface area (Å²) >= 11 is 0. The highest BCUT2D eigenvalue weighted by molar-refractivity contribution is 5.97. The quantitative estimate of drug-likeness (QED) is 0.170. The van der Waals surface area contributed by atoms with Crippen molar-refractivity contribution in [1.29, 1.82) is 5.26 Å². The van der Waals surface area contributed by atoms with Crippen LogP contribution in [0.5, 0.6) is 5.75 Å². The van der Waals surface area contributed by atoms with E-state index in [2.05, 4.69) is 41.9 Å². The van der Waals surface area contributed by atoms with Gasteiger partial charge in [0.15, 0.2) is 23.3 Å². The number of tetrazole rings is 1. The van der Waals surface area contributed by atoms with Crippen LogP contribution in [0.1, 0.15) is 41.3 Å². The van der Waals surface area contributed by atoms with Gasteiger partial charge in [-0.25, -0.2) is 27.8 Å². The van der Waals surface area contributed by atoms with Gasteiger partial charge in [0.05, 0.1) is 48.1 Å². The Morgan fingerprint density at radius 2 is 1.96 bits per heavy atom. The molecular weight excluding hydrogens is 589 g/mol. The van der Waals surface area contributed by atoms with Crippen molar-refractivity contribution in [2.24, 2.45) is 7.05 Å². The first-order valence-electron chi connectivity index (χ1n) is 13.9. The van der Waals surface area contributed by atoms with Gasteiger partial charge in [0, 0.05) is 18.7 Å². The Labute approximate surface area is 253 Å². The van der Waals surface area contributed by atoms with Crippen molar-refractivity contribution < 1.29 is 22.7 Å². The van der Waals surface area contributed by atoms with Crippen LogP contribution in [0.2, 0.25) is 0 Å². The first kappa shape index (κ1) is 29.3. The summed E-state index contributed by atoms with van der Waals surface area (Å²) in [5, 5.41) is 23.4. The van der Waals surface area contributed by atoms with Gasteiger partial charge in [-0.2, -0.15) is 5.26 Å². The number of nitriles is 1. The van der Waals surface area contributed by atoms with E-state index in [0.29, 0.717) is 52.2 Å². The number of nitrogens with zero attached hydrogens (tertiary/aromatic N) is 8. The third-order valence-corrected chi connectivity index (χ3v) is 7.35. The summed E-state index contributed by atoms with van der Waals surface area (Å²) in [4.78, 5) is 24.5. The molecule has 15 heteroatoms. The average Bonchev–Trinajstić information content (AvgIpc) is 3.78. The van der Waals surface area contributed by atoms with E-state index in [1.807, 2.05) is 18.2 Å². The number of para-hydroxylation sites is 1. The number of amides is 1. The number of aromatic nitrogens is 8. The molecule has 0 aliphatic heterocycles. The molecule has 0 saturated heterocycles. The highest BCUT2D eigenvalue weighted by Gasteiger charge is 2.24. The van der Waals surface area contributed by atoms with Crippen LogP contribution in [0.25, 0.3) is 33.5 Å². The largest absolute Gasteiger partial charge is 0.491 e. The average molecular weight is 615 g/mol.